The highest BCUT2D eigenvalue weighted by molar-refractivity contribution is 6.16. The van der Waals surface area contributed by atoms with Crippen LogP contribution in [0.5, 0.6) is 0 Å². The van der Waals surface area contributed by atoms with E-state index in [0.717, 1.165) is 0 Å². The second kappa shape index (κ2) is 3.29. The Morgan fingerprint density at radius 1 is 1.54 bits per heavy atom. The minimum Gasteiger partial charge on any atom is -0.360 e. The Kier molecular flexibility index (Phi) is 2.27. The molecule has 2 rings (SSSR count). The number of ether oxygens (including phenoxy) is 2. The lowest BCUT2D eigenvalue weighted by atomic mass is 10.2. The molecule has 0 atom stereocenters. The summed E-state index contributed by atoms with van der Waals surface area (Å²) in [5.74, 6) is 0.175. The molecule has 1 aliphatic rings. The van der Waals surface area contributed by atoms with Crippen molar-refractivity contribution >= 4 is 11.6 Å². The molecule has 0 N–H and O–H groups in total. The molecule has 5 heteroatoms. The van der Waals surface area contributed by atoms with E-state index in [1.807, 2.05) is 6.92 Å². The third kappa shape index (κ3) is 1.57. The van der Waals surface area contributed by atoms with Crippen LogP contribution in [-0.2, 0) is 21.1 Å². The Morgan fingerprint density at radius 2 is 2.23 bits per heavy atom. The molecular formula is C8H10ClNO3. The first-order valence-electron chi connectivity index (χ1n) is 4.04. The van der Waals surface area contributed by atoms with Gasteiger partial charge in [0, 0.05) is 6.07 Å². The van der Waals surface area contributed by atoms with Gasteiger partial charge in [0.05, 0.1) is 19.1 Å². The Balaban J connectivity index is 2.23. The molecule has 0 radical (unpaired) electrons. The molecule has 0 bridgehead atoms. The summed E-state index contributed by atoms with van der Waals surface area (Å²) >= 11 is 5.58. The quantitative estimate of drug-likeness (QED) is 0.686. The van der Waals surface area contributed by atoms with Crippen LogP contribution in [0, 0.1) is 0 Å². The first-order chi connectivity index (χ1) is 6.24. The monoisotopic (exact) mass is 203 g/mol. The van der Waals surface area contributed by atoms with E-state index in [-0.39, 0.29) is 0 Å². The average Bonchev–Trinajstić information content (AvgIpc) is 2.72. The van der Waals surface area contributed by atoms with Crippen molar-refractivity contribution in [3.05, 3.63) is 17.5 Å². The van der Waals surface area contributed by atoms with Gasteiger partial charge in [0.1, 0.15) is 5.69 Å². The second-order valence-electron chi connectivity index (χ2n) is 2.95. The number of halogens is 1. The molecule has 13 heavy (non-hydrogen) atoms. The minimum absolute atomic E-state index is 0.309. The van der Waals surface area contributed by atoms with Crippen molar-refractivity contribution < 1.29 is 14.0 Å². The third-order valence-corrected chi connectivity index (χ3v) is 2.26. The fourth-order valence-electron chi connectivity index (χ4n) is 1.25. The Bertz CT molecular complexity index is 293. The number of aromatic nitrogens is 1. The molecule has 72 valence electrons. The van der Waals surface area contributed by atoms with Crippen LogP contribution in [0.1, 0.15) is 18.4 Å². The van der Waals surface area contributed by atoms with E-state index in [1.54, 1.807) is 6.07 Å². The summed E-state index contributed by atoms with van der Waals surface area (Å²) in [5, 5.41) is 3.83. The van der Waals surface area contributed by atoms with E-state index in [1.165, 1.54) is 0 Å². The normalized spacial score (nSPS) is 20.8. The van der Waals surface area contributed by atoms with Gasteiger partial charge in [0.15, 0.2) is 5.76 Å². The zero-order valence-electron chi connectivity index (χ0n) is 7.25. The summed E-state index contributed by atoms with van der Waals surface area (Å²) in [7, 11) is 0. The van der Waals surface area contributed by atoms with Crippen LogP contribution in [-0.4, -0.2) is 18.4 Å². The second-order valence-corrected chi connectivity index (χ2v) is 3.22. The molecule has 0 amide bonds. The van der Waals surface area contributed by atoms with Gasteiger partial charge >= 0.3 is 0 Å². The maximum Gasteiger partial charge on any atom is 0.212 e. The van der Waals surface area contributed by atoms with Crippen molar-refractivity contribution in [3.8, 4) is 0 Å². The molecule has 4 nitrogen and oxygen atoms in total. The summed E-state index contributed by atoms with van der Waals surface area (Å²) in [6.07, 6.45) is 0. The van der Waals surface area contributed by atoms with E-state index in [0.29, 0.717) is 30.5 Å². The van der Waals surface area contributed by atoms with Gasteiger partial charge in [-0.15, -0.1) is 11.6 Å². The largest absolute Gasteiger partial charge is 0.360 e. The lowest BCUT2D eigenvalue weighted by Crippen LogP contribution is -2.22. The zero-order valence-corrected chi connectivity index (χ0v) is 8.00. The maximum absolute atomic E-state index is 5.58. The van der Waals surface area contributed by atoms with Crippen LogP contribution in [0.15, 0.2) is 10.6 Å². The van der Waals surface area contributed by atoms with Crippen LogP contribution in [0.2, 0.25) is 0 Å². The van der Waals surface area contributed by atoms with Gasteiger partial charge in [-0.05, 0) is 6.92 Å². The van der Waals surface area contributed by atoms with Crippen LogP contribution < -0.4 is 0 Å². The SMILES string of the molecule is CC1(c2cc(CCl)on2)OCCO1. The zero-order chi connectivity index (χ0) is 9.31. The van der Waals surface area contributed by atoms with Crippen molar-refractivity contribution in [1.82, 2.24) is 5.16 Å². The molecule has 2 heterocycles. The minimum atomic E-state index is -0.756. The van der Waals surface area contributed by atoms with Gasteiger partial charge in [0.25, 0.3) is 0 Å². The number of alkyl halides is 1. The van der Waals surface area contributed by atoms with Gasteiger partial charge in [-0.3, -0.25) is 0 Å². The van der Waals surface area contributed by atoms with Crippen LogP contribution >= 0.6 is 11.6 Å². The standard InChI is InChI=1S/C8H10ClNO3/c1-8(11-2-3-12-8)7-4-6(5-9)13-10-7/h4H,2-3,5H2,1H3. The number of hydrogen-bond acceptors (Lipinski definition) is 4. The fourth-order valence-corrected chi connectivity index (χ4v) is 1.38. The average molecular weight is 204 g/mol. The highest BCUT2D eigenvalue weighted by Crippen LogP contribution is 2.30. The predicted molar refractivity (Wildman–Crippen MR) is 45.3 cm³/mol. The molecule has 1 aromatic heterocycles. The third-order valence-electron chi connectivity index (χ3n) is 1.99. The first-order valence-corrected chi connectivity index (χ1v) is 4.58. The molecule has 1 aliphatic heterocycles. The van der Waals surface area contributed by atoms with Gasteiger partial charge in [-0.1, -0.05) is 5.16 Å². The Labute approximate surface area is 80.7 Å². The molecular weight excluding hydrogens is 194 g/mol. The molecule has 1 fully saturated rings. The molecule has 1 saturated heterocycles. The topological polar surface area (TPSA) is 44.5 Å². The Morgan fingerprint density at radius 3 is 2.77 bits per heavy atom. The molecule has 0 saturated carbocycles. The predicted octanol–water partition coefficient (Wildman–Crippen LogP) is 1.63. The van der Waals surface area contributed by atoms with Crippen molar-refractivity contribution in [1.29, 1.82) is 0 Å². The van der Waals surface area contributed by atoms with E-state index in [9.17, 15) is 0 Å². The summed E-state index contributed by atoms with van der Waals surface area (Å²) in [6, 6.07) is 1.75. The highest BCUT2D eigenvalue weighted by Gasteiger charge is 2.36. The van der Waals surface area contributed by atoms with Crippen molar-refractivity contribution in [2.75, 3.05) is 13.2 Å². The van der Waals surface area contributed by atoms with Gasteiger partial charge in [-0.2, -0.15) is 0 Å². The molecule has 0 spiro atoms. The van der Waals surface area contributed by atoms with Crippen molar-refractivity contribution in [2.24, 2.45) is 0 Å². The van der Waals surface area contributed by atoms with Gasteiger partial charge < -0.3 is 14.0 Å². The van der Waals surface area contributed by atoms with Crippen molar-refractivity contribution in [2.45, 2.75) is 18.6 Å². The van der Waals surface area contributed by atoms with Gasteiger partial charge in [-0.25, -0.2) is 0 Å². The summed E-state index contributed by atoms with van der Waals surface area (Å²) in [6.45, 7) is 2.98. The molecule has 0 aromatic carbocycles. The number of hydrogen-bond donors (Lipinski definition) is 0. The molecule has 0 unspecified atom stereocenters. The van der Waals surface area contributed by atoms with E-state index < -0.39 is 5.79 Å². The highest BCUT2D eigenvalue weighted by atomic mass is 35.5. The Hall–Kier alpha value is -0.580. The first kappa shape index (κ1) is 8.99. The van der Waals surface area contributed by atoms with Crippen molar-refractivity contribution in [3.63, 3.8) is 0 Å². The van der Waals surface area contributed by atoms with E-state index >= 15 is 0 Å². The molecule has 1 aromatic rings. The lowest BCUT2D eigenvalue weighted by Gasteiger charge is -2.18. The van der Waals surface area contributed by atoms with Crippen LogP contribution in [0.3, 0.4) is 0 Å². The van der Waals surface area contributed by atoms with E-state index in [4.69, 9.17) is 25.6 Å². The molecule has 0 aliphatic carbocycles. The van der Waals surface area contributed by atoms with E-state index in [2.05, 4.69) is 5.16 Å². The summed E-state index contributed by atoms with van der Waals surface area (Å²) in [4.78, 5) is 0. The fraction of sp³-hybridized carbons (Fsp3) is 0.625. The number of rotatable bonds is 2. The van der Waals surface area contributed by atoms with Crippen LogP contribution in [0.25, 0.3) is 0 Å². The maximum atomic E-state index is 5.58. The lowest BCUT2D eigenvalue weighted by molar-refractivity contribution is -0.154. The van der Waals surface area contributed by atoms with Gasteiger partial charge in [0.2, 0.25) is 5.79 Å². The summed E-state index contributed by atoms with van der Waals surface area (Å²) in [5.41, 5.74) is 0.639. The smallest absolute Gasteiger partial charge is 0.212 e. The summed E-state index contributed by atoms with van der Waals surface area (Å²) < 4.78 is 15.7. The van der Waals surface area contributed by atoms with Crippen LogP contribution in [0.4, 0.5) is 0 Å². The number of nitrogens with zero attached hydrogens (tertiary/aromatic N) is 1.